The number of ether oxygens (including phenoxy) is 2. The Hall–Kier alpha value is -1.24. The summed E-state index contributed by atoms with van der Waals surface area (Å²) in [6.07, 6.45) is 22.5. The number of carbonyl (C=O) groups excluding carboxylic acids is 1. The maximum Gasteiger partial charge on any atom is 0.330 e. The molecule has 0 saturated carbocycles. The predicted octanol–water partition coefficient (Wildman–Crippen LogP) is 9.40. The number of para-hydroxylation sites is 1. The first kappa shape index (κ1) is 39.8. The van der Waals surface area contributed by atoms with Crippen molar-refractivity contribution in [3.63, 3.8) is 0 Å². The van der Waals surface area contributed by atoms with Gasteiger partial charge in [-0.1, -0.05) is 128 Å². The van der Waals surface area contributed by atoms with Crippen LogP contribution in [0.4, 0.5) is 0 Å². The van der Waals surface area contributed by atoms with E-state index < -0.39 is 14.7 Å². The quantitative estimate of drug-likeness (QED) is 0.0518. The van der Waals surface area contributed by atoms with Crippen LogP contribution < -0.4 is 4.74 Å². The topological polar surface area (TPSA) is 77.5 Å². The zero-order chi connectivity index (χ0) is 31.4. The van der Waals surface area contributed by atoms with Gasteiger partial charge in [0.1, 0.15) is 11.9 Å². The van der Waals surface area contributed by atoms with E-state index >= 15 is 0 Å². The monoisotopic (exact) mass is 625 g/mol. The Bertz CT molecular complexity index is 780. The van der Waals surface area contributed by atoms with E-state index in [9.17, 15) is 9.69 Å². The Kier molecular flexibility index (Phi) is 26.1. The van der Waals surface area contributed by atoms with Crippen molar-refractivity contribution in [3.8, 4) is 5.75 Å². The average molecular weight is 626 g/mol. The predicted molar refractivity (Wildman–Crippen MR) is 180 cm³/mol. The summed E-state index contributed by atoms with van der Waals surface area (Å²) in [7, 11) is 1.84. The molecule has 43 heavy (non-hydrogen) atoms. The molecule has 1 aromatic rings. The van der Waals surface area contributed by atoms with Gasteiger partial charge in [-0.15, -0.1) is 0 Å². The van der Waals surface area contributed by atoms with Crippen LogP contribution in [0.15, 0.2) is 24.3 Å². The van der Waals surface area contributed by atoms with Crippen molar-refractivity contribution in [1.82, 2.24) is 4.90 Å². The highest BCUT2D eigenvalue weighted by Gasteiger charge is 2.20. The van der Waals surface area contributed by atoms with E-state index in [0.29, 0.717) is 39.0 Å². The molecule has 0 aliphatic heterocycles. The second-order valence-corrected chi connectivity index (χ2v) is 13.0. The van der Waals surface area contributed by atoms with Crippen molar-refractivity contribution in [2.75, 3.05) is 40.5 Å². The second kappa shape index (κ2) is 28.2. The van der Waals surface area contributed by atoms with Crippen LogP contribution in [-0.4, -0.2) is 62.3 Å². The van der Waals surface area contributed by atoms with E-state index in [4.69, 9.17) is 18.5 Å². The van der Waals surface area contributed by atoms with Gasteiger partial charge in [0, 0.05) is 19.4 Å². The fraction of sp³-hybridized carbons (Fsp3) is 0.800. The van der Waals surface area contributed by atoms with E-state index in [1.54, 1.807) is 0 Å². The van der Waals surface area contributed by atoms with Crippen LogP contribution in [-0.2, 0) is 25.0 Å². The lowest BCUT2D eigenvalue weighted by atomic mass is 10.0. The fourth-order valence-electron chi connectivity index (χ4n) is 4.96. The summed E-state index contributed by atoms with van der Waals surface area (Å²) in [5.41, 5.74) is 0.965. The molecule has 0 aliphatic carbocycles. The SMILES string of the molecule is CCCCCCCCCCCCCCCCCCOc1ccccc1CC(COP(O)OCCN(C)C)OC(=O)CCC. The zero-order valence-electron chi connectivity index (χ0n) is 28.0. The molecule has 0 saturated heterocycles. The Morgan fingerprint density at radius 2 is 1.33 bits per heavy atom. The standard InChI is InChI=1S/C35H64NO6P/c1-5-7-8-9-10-11-12-13-14-15-16-17-18-19-20-23-28-39-34-26-22-21-25-32(34)30-33(42-35(37)24-6-2)31-41-43(38)40-29-27-36(3)4/h21-22,25-26,33,38H,5-20,23-24,27-31H2,1-4H3. The molecule has 7 nitrogen and oxygen atoms in total. The lowest BCUT2D eigenvalue weighted by Gasteiger charge is -2.21. The third-order valence-electron chi connectivity index (χ3n) is 7.54. The molecule has 1 N–H and O–H groups in total. The number of likely N-dealkylation sites (N-methyl/N-ethyl adjacent to an activating group) is 1. The summed E-state index contributed by atoms with van der Waals surface area (Å²) in [5, 5.41) is 0. The van der Waals surface area contributed by atoms with E-state index in [-0.39, 0.29) is 12.6 Å². The van der Waals surface area contributed by atoms with Crippen molar-refractivity contribution in [1.29, 1.82) is 0 Å². The average Bonchev–Trinajstić information content (AvgIpc) is 2.98. The molecule has 0 spiro atoms. The van der Waals surface area contributed by atoms with Gasteiger partial charge in [-0.25, -0.2) is 0 Å². The van der Waals surface area contributed by atoms with Crippen LogP contribution in [0.1, 0.15) is 135 Å². The number of esters is 1. The van der Waals surface area contributed by atoms with Crippen LogP contribution in [0.5, 0.6) is 5.75 Å². The van der Waals surface area contributed by atoms with Crippen molar-refractivity contribution < 1.29 is 28.2 Å². The fourth-order valence-corrected chi connectivity index (χ4v) is 5.57. The molecule has 2 atom stereocenters. The Balaban J connectivity index is 2.28. The molecular weight excluding hydrogens is 561 g/mol. The van der Waals surface area contributed by atoms with Crippen LogP contribution in [0.3, 0.4) is 0 Å². The number of nitrogens with zero attached hydrogens (tertiary/aromatic N) is 1. The molecule has 0 bridgehead atoms. The normalized spacial score (nSPS) is 12.9. The Morgan fingerprint density at radius 3 is 1.88 bits per heavy atom. The molecule has 0 radical (unpaired) electrons. The summed E-state index contributed by atoms with van der Waals surface area (Å²) in [4.78, 5) is 24.4. The minimum absolute atomic E-state index is 0.0626. The minimum atomic E-state index is -2.04. The Labute approximate surface area is 265 Å². The molecule has 0 aromatic heterocycles. The molecule has 0 amide bonds. The van der Waals surface area contributed by atoms with Crippen LogP contribution >= 0.6 is 8.60 Å². The van der Waals surface area contributed by atoms with Gasteiger partial charge in [0.15, 0.2) is 0 Å². The molecule has 0 heterocycles. The number of carbonyl (C=O) groups is 1. The van der Waals surface area contributed by atoms with Crippen molar-refractivity contribution in [2.24, 2.45) is 0 Å². The van der Waals surface area contributed by atoms with Crippen LogP contribution in [0.2, 0.25) is 0 Å². The summed E-state index contributed by atoms with van der Waals surface area (Å²) in [6, 6.07) is 7.90. The van der Waals surface area contributed by atoms with Crippen molar-refractivity contribution >= 4 is 14.6 Å². The van der Waals surface area contributed by atoms with Gasteiger partial charge in [0.2, 0.25) is 0 Å². The highest BCUT2D eigenvalue weighted by molar-refractivity contribution is 7.40. The highest BCUT2D eigenvalue weighted by atomic mass is 31.2. The van der Waals surface area contributed by atoms with E-state index in [2.05, 4.69) is 6.92 Å². The molecule has 1 aromatic carbocycles. The number of hydrogen-bond acceptors (Lipinski definition) is 7. The van der Waals surface area contributed by atoms with Gasteiger partial charge in [0.05, 0.1) is 19.8 Å². The molecule has 0 aliphatic rings. The maximum atomic E-state index is 12.3. The first-order valence-electron chi connectivity index (χ1n) is 17.3. The van der Waals surface area contributed by atoms with E-state index in [1.807, 2.05) is 50.2 Å². The zero-order valence-corrected chi connectivity index (χ0v) is 28.9. The molecule has 8 heteroatoms. The first-order chi connectivity index (χ1) is 21.0. The first-order valence-corrected chi connectivity index (χ1v) is 18.4. The lowest BCUT2D eigenvalue weighted by Crippen LogP contribution is -2.26. The van der Waals surface area contributed by atoms with Gasteiger partial charge >= 0.3 is 14.6 Å². The van der Waals surface area contributed by atoms with Gasteiger partial charge < -0.3 is 28.3 Å². The largest absolute Gasteiger partial charge is 0.493 e. The maximum absolute atomic E-state index is 12.3. The van der Waals surface area contributed by atoms with Gasteiger partial charge in [-0.3, -0.25) is 4.79 Å². The molecule has 250 valence electrons. The number of unbranched alkanes of at least 4 members (excludes halogenated alkanes) is 15. The summed E-state index contributed by atoms with van der Waals surface area (Å²) in [6.45, 7) is 6.01. The smallest absolute Gasteiger partial charge is 0.330 e. The number of hydrogen-bond donors (Lipinski definition) is 1. The third-order valence-corrected chi connectivity index (χ3v) is 8.31. The van der Waals surface area contributed by atoms with E-state index in [1.165, 1.54) is 96.3 Å². The number of benzene rings is 1. The third kappa shape index (κ3) is 23.8. The summed E-state index contributed by atoms with van der Waals surface area (Å²) in [5.74, 6) is 0.548. The molecule has 0 fully saturated rings. The molecular formula is C35H64NO6P. The number of rotatable bonds is 30. The minimum Gasteiger partial charge on any atom is -0.493 e. The van der Waals surface area contributed by atoms with Gasteiger partial charge in [-0.05, 0) is 38.6 Å². The van der Waals surface area contributed by atoms with Crippen molar-refractivity contribution in [2.45, 2.75) is 142 Å². The van der Waals surface area contributed by atoms with Crippen molar-refractivity contribution in [3.05, 3.63) is 29.8 Å². The van der Waals surface area contributed by atoms with Crippen LogP contribution in [0, 0.1) is 0 Å². The summed E-state index contributed by atoms with van der Waals surface area (Å²) >= 11 is 0. The van der Waals surface area contributed by atoms with Crippen LogP contribution in [0.25, 0.3) is 0 Å². The second-order valence-electron chi connectivity index (χ2n) is 12.0. The highest BCUT2D eigenvalue weighted by Crippen LogP contribution is 2.33. The Morgan fingerprint density at radius 1 is 0.767 bits per heavy atom. The lowest BCUT2D eigenvalue weighted by molar-refractivity contribution is -0.150. The van der Waals surface area contributed by atoms with E-state index in [0.717, 1.165) is 17.7 Å². The molecule has 1 rings (SSSR count). The van der Waals surface area contributed by atoms with Gasteiger partial charge in [0.25, 0.3) is 0 Å². The molecule has 2 unspecified atom stereocenters. The summed E-state index contributed by atoms with van der Waals surface area (Å²) < 4.78 is 22.8. The van der Waals surface area contributed by atoms with Gasteiger partial charge in [-0.2, -0.15) is 0 Å².